The number of rotatable bonds is 3. The molecule has 0 bridgehead atoms. The highest BCUT2D eigenvalue weighted by Gasteiger charge is 1.83. The summed E-state index contributed by atoms with van der Waals surface area (Å²) in [5, 5.41) is 0. The molecule has 0 aliphatic heterocycles. The fraction of sp³-hybridized carbons (Fsp3) is 0.231. The van der Waals surface area contributed by atoms with Gasteiger partial charge in [-0.3, -0.25) is 0 Å². The first-order valence-electron chi connectivity index (χ1n) is 4.66. The first kappa shape index (κ1) is 12.7. The van der Waals surface area contributed by atoms with Gasteiger partial charge >= 0.3 is 0 Å². The maximum absolute atomic E-state index is 2.20. The average Bonchev–Trinajstić information content (AvgIpc) is 2.19. The summed E-state index contributed by atoms with van der Waals surface area (Å²) in [6.07, 6.45) is 7.55. The molecular formula is C13H18O. The van der Waals surface area contributed by atoms with Crippen LogP contribution < -0.4 is 0 Å². The second kappa shape index (κ2) is 7.10. The molecule has 14 heavy (non-hydrogen) atoms. The molecule has 1 nitrogen and oxygen atoms in total. The summed E-state index contributed by atoms with van der Waals surface area (Å²) in [5.74, 6) is 0. The van der Waals surface area contributed by atoms with Crippen molar-refractivity contribution in [3.8, 4) is 0 Å². The monoisotopic (exact) mass is 190 g/mol. The van der Waals surface area contributed by atoms with Crippen molar-refractivity contribution in [3.05, 3.63) is 53.6 Å². The first-order chi connectivity index (χ1) is 6.33. The van der Waals surface area contributed by atoms with Gasteiger partial charge in [-0.2, -0.15) is 0 Å². The Hall–Kier alpha value is -1.34. The molecule has 1 aromatic carbocycles. The molecule has 0 saturated heterocycles. The molecule has 0 spiro atoms. The van der Waals surface area contributed by atoms with E-state index in [0.717, 1.165) is 6.42 Å². The molecule has 2 N–H and O–H groups in total. The lowest BCUT2D eigenvalue weighted by atomic mass is 10.1. The van der Waals surface area contributed by atoms with Crippen LogP contribution in [0.15, 0.2) is 48.1 Å². The van der Waals surface area contributed by atoms with Gasteiger partial charge in [0.15, 0.2) is 0 Å². The molecule has 1 rings (SSSR count). The highest BCUT2D eigenvalue weighted by Crippen LogP contribution is 2.05. The van der Waals surface area contributed by atoms with E-state index in [0.29, 0.717) is 0 Å². The predicted molar refractivity (Wildman–Crippen MR) is 63.1 cm³/mol. The Morgan fingerprint density at radius 3 is 2.43 bits per heavy atom. The van der Waals surface area contributed by atoms with Crippen LogP contribution in [0, 0.1) is 0 Å². The van der Waals surface area contributed by atoms with Crippen molar-refractivity contribution in [2.75, 3.05) is 0 Å². The van der Waals surface area contributed by atoms with Gasteiger partial charge in [0.1, 0.15) is 0 Å². The third-order valence-electron chi connectivity index (χ3n) is 2.04. The van der Waals surface area contributed by atoms with Gasteiger partial charge in [-0.25, -0.2) is 0 Å². The molecule has 0 aromatic heterocycles. The second-order valence-electron chi connectivity index (χ2n) is 3.15. The quantitative estimate of drug-likeness (QED) is 0.655. The van der Waals surface area contributed by atoms with Gasteiger partial charge < -0.3 is 5.48 Å². The van der Waals surface area contributed by atoms with Crippen LogP contribution in [-0.4, -0.2) is 5.48 Å². The summed E-state index contributed by atoms with van der Waals surface area (Å²) in [4.78, 5) is 0. The van der Waals surface area contributed by atoms with Gasteiger partial charge in [-0.15, -0.1) is 0 Å². The van der Waals surface area contributed by atoms with Gasteiger partial charge in [0.05, 0.1) is 0 Å². The van der Waals surface area contributed by atoms with Crippen LogP contribution in [-0.2, 0) is 0 Å². The van der Waals surface area contributed by atoms with Crippen molar-refractivity contribution in [1.82, 2.24) is 0 Å². The minimum absolute atomic E-state index is 0. The number of allylic oxidation sites excluding steroid dienone is 3. The van der Waals surface area contributed by atoms with E-state index < -0.39 is 0 Å². The van der Waals surface area contributed by atoms with Crippen molar-refractivity contribution in [1.29, 1.82) is 0 Å². The standard InChI is InChI=1S/C13H16.H2O/c1-3-12(2)8-7-11-13-9-5-4-6-10-13;/h3-7,9-11H,8H2,1-2H3;1H2. The summed E-state index contributed by atoms with van der Waals surface area (Å²) in [6, 6.07) is 10.4. The van der Waals surface area contributed by atoms with E-state index in [1.807, 2.05) is 6.07 Å². The van der Waals surface area contributed by atoms with Gasteiger partial charge in [-0.1, -0.05) is 54.1 Å². The summed E-state index contributed by atoms with van der Waals surface area (Å²) in [5.41, 5.74) is 2.68. The number of hydrogen-bond acceptors (Lipinski definition) is 0. The molecular weight excluding hydrogens is 172 g/mol. The number of benzene rings is 1. The van der Waals surface area contributed by atoms with Gasteiger partial charge in [0.2, 0.25) is 0 Å². The van der Waals surface area contributed by atoms with Crippen LogP contribution >= 0.6 is 0 Å². The fourth-order valence-corrected chi connectivity index (χ4v) is 1.06. The highest BCUT2D eigenvalue weighted by atomic mass is 16.0. The molecule has 0 amide bonds. The molecule has 1 aromatic rings. The third-order valence-corrected chi connectivity index (χ3v) is 2.04. The van der Waals surface area contributed by atoms with Crippen LogP contribution in [0.3, 0.4) is 0 Å². The topological polar surface area (TPSA) is 31.5 Å². The Morgan fingerprint density at radius 1 is 1.21 bits per heavy atom. The molecule has 1 heteroatoms. The smallest absolute Gasteiger partial charge is 0.0138 e. The summed E-state index contributed by atoms with van der Waals surface area (Å²) in [6.45, 7) is 4.22. The zero-order valence-electron chi connectivity index (χ0n) is 8.83. The molecule has 0 aliphatic rings. The van der Waals surface area contributed by atoms with Crippen LogP contribution in [0.25, 0.3) is 6.08 Å². The Labute approximate surface area is 86.1 Å². The zero-order chi connectivity index (χ0) is 9.52. The largest absolute Gasteiger partial charge is 0.412 e. The Morgan fingerprint density at radius 2 is 1.86 bits per heavy atom. The Balaban J connectivity index is 0.00000169. The number of hydrogen-bond donors (Lipinski definition) is 0. The van der Waals surface area contributed by atoms with Crippen molar-refractivity contribution >= 4 is 6.08 Å². The SMILES string of the molecule is CC=C(C)CC=Cc1ccccc1.O. The van der Waals surface area contributed by atoms with E-state index in [9.17, 15) is 0 Å². The minimum Gasteiger partial charge on any atom is -0.412 e. The van der Waals surface area contributed by atoms with E-state index >= 15 is 0 Å². The fourth-order valence-electron chi connectivity index (χ4n) is 1.06. The summed E-state index contributed by atoms with van der Waals surface area (Å²) >= 11 is 0. The average molecular weight is 190 g/mol. The lowest BCUT2D eigenvalue weighted by Gasteiger charge is -1.93. The third kappa shape index (κ3) is 4.63. The maximum Gasteiger partial charge on any atom is -0.0138 e. The Kier molecular flexibility index (Phi) is 6.42. The molecule has 0 heterocycles. The van der Waals surface area contributed by atoms with Gasteiger partial charge in [0.25, 0.3) is 0 Å². The second-order valence-corrected chi connectivity index (χ2v) is 3.15. The molecule has 0 saturated carbocycles. The first-order valence-corrected chi connectivity index (χ1v) is 4.66. The van der Waals surface area contributed by atoms with E-state index in [4.69, 9.17) is 0 Å². The van der Waals surface area contributed by atoms with Gasteiger partial charge in [-0.05, 0) is 25.8 Å². The summed E-state index contributed by atoms with van der Waals surface area (Å²) < 4.78 is 0. The molecule has 0 atom stereocenters. The van der Waals surface area contributed by atoms with Crippen molar-refractivity contribution in [3.63, 3.8) is 0 Å². The van der Waals surface area contributed by atoms with E-state index in [2.05, 4.69) is 56.3 Å². The lowest BCUT2D eigenvalue weighted by molar-refractivity contribution is 0.824. The van der Waals surface area contributed by atoms with Gasteiger partial charge in [0, 0.05) is 0 Å². The predicted octanol–water partition coefficient (Wildman–Crippen LogP) is 3.23. The van der Waals surface area contributed by atoms with Crippen molar-refractivity contribution in [2.45, 2.75) is 20.3 Å². The van der Waals surface area contributed by atoms with Crippen LogP contribution in [0.2, 0.25) is 0 Å². The normalized spacial score (nSPS) is 11.4. The molecule has 0 aliphatic carbocycles. The van der Waals surface area contributed by atoms with E-state index in [-0.39, 0.29) is 5.48 Å². The van der Waals surface area contributed by atoms with Crippen LogP contribution in [0.4, 0.5) is 0 Å². The maximum atomic E-state index is 2.20. The lowest BCUT2D eigenvalue weighted by Crippen LogP contribution is -1.72. The zero-order valence-corrected chi connectivity index (χ0v) is 8.83. The minimum atomic E-state index is 0. The van der Waals surface area contributed by atoms with Crippen LogP contribution in [0.1, 0.15) is 25.8 Å². The molecule has 0 unspecified atom stereocenters. The molecule has 0 fully saturated rings. The molecule has 0 radical (unpaired) electrons. The summed E-state index contributed by atoms with van der Waals surface area (Å²) in [7, 11) is 0. The van der Waals surface area contributed by atoms with Crippen molar-refractivity contribution in [2.24, 2.45) is 0 Å². The van der Waals surface area contributed by atoms with E-state index in [1.165, 1.54) is 11.1 Å². The van der Waals surface area contributed by atoms with E-state index in [1.54, 1.807) is 0 Å². The highest BCUT2D eigenvalue weighted by molar-refractivity contribution is 5.49. The van der Waals surface area contributed by atoms with Crippen LogP contribution in [0.5, 0.6) is 0 Å². The Bertz CT molecular complexity index is 296. The van der Waals surface area contributed by atoms with Crippen molar-refractivity contribution < 1.29 is 5.48 Å². The molecule has 76 valence electrons.